The number of nitrogens with one attached hydrogen (secondary N) is 1. The standard InChI is InChI=1S/C10H14N2O6/c1-17-8-7(15)5(4-13)18-9(8)12-3-2-6(14)11-10(12)16/h2-3,5,7-9,13,15H,4H2,1H3,(H,11,14,16)/t5-,7-,8-,9-/m1/s1/i4D/t4?,5-,7-,8-,9-. The van der Waals surface area contributed by atoms with Gasteiger partial charge < -0.3 is 19.7 Å². The number of rotatable bonds is 3. The average molecular weight is 259 g/mol. The van der Waals surface area contributed by atoms with E-state index in [1.165, 1.54) is 13.3 Å². The second kappa shape index (κ2) is 5.02. The molecule has 2 heterocycles. The molecular formula is C10H14N2O6. The normalized spacial score (nSPS) is 34.3. The van der Waals surface area contributed by atoms with Crippen LogP contribution in [0.1, 0.15) is 7.60 Å². The monoisotopic (exact) mass is 259 g/mol. The first-order valence-corrected chi connectivity index (χ1v) is 5.24. The zero-order valence-electron chi connectivity index (χ0n) is 10.5. The lowest BCUT2D eigenvalue weighted by Crippen LogP contribution is -2.38. The third kappa shape index (κ3) is 2.10. The van der Waals surface area contributed by atoms with Crippen molar-refractivity contribution in [2.75, 3.05) is 13.7 Å². The van der Waals surface area contributed by atoms with Gasteiger partial charge >= 0.3 is 5.69 Å². The maximum atomic E-state index is 11.7. The van der Waals surface area contributed by atoms with Crippen LogP contribution in [0.2, 0.25) is 0 Å². The molecule has 8 heteroatoms. The number of H-pyrrole nitrogens is 1. The van der Waals surface area contributed by atoms with Gasteiger partial charge in [0, 0.05) is 19.4 Å². The first-order valence-electron chi connectivity index (χ1n) is 5.81. The highest BCUT2D eigenvalue weighted by Gasteiger charge is 2.45. The highest BCUT2D eigenvalue weighted by molar-refractivity contribution is 4.93. The molecule has 1 unspecified atom stereocenters. The molecule has 1 fully saturated rings. The van der Waals surface area contributed by atoms with Crippen molar-refractivity contribution < 1.29 is 21.1 Å². The van der Waals surface area contributed by atoms with Gasteiger partial charge in [-0.05, 0) is 0 Å². The number of nitrogens with zero attached hydrogens (tertiary/aromatic N) is 1. The Labute approximate surface area is 103 Å². The first-order chi connectivity index (χ1) is 8.95. The first kappa shape index (κ1) is 11.6. The molecule has 1 aromatic heterocycles. The van der Waals surface area contributed by atoms with Gasteiger partial charge in [0.25, 0.3) is 5.56 Å². The predicted octanol–water partition coefficient (Wildman–Crippen LogP) is -2.20. The Bertz CT molecular complexity index is 555. The molecular weight excluding hydrogens is 244 g/mol. The quantitative estimate of drug-likeness (QED) is 0.568. The second-order valence-corrected chi connectivity index (χ2v) is 3.85. The van der Waals surface area contributed by atoms with Gasteiger partial charge in [-0.1, -0.05) is 0 Å². The maximum absolute atomic E-state index is 11.7. The van der Waals surface area contributed by atoms with Crippen molar-refractivity contribution in [1.82, 2.24) is 9.55 Å². The molecule has 0 saturated carbocycles. The number of aliphatic hydroxyl groups is 2. The number of hydrogen-bond donors (Lipinski definition) is 3. The van der Waals surface area contributed by atoms with E-state index in [1.807, 2.05) is 4.98 Å². The Morgan fingerprint density at radius 1 is 1.67 bits per heavy atom. The van der Waals surface area contributed by atoms with E-state index in [2.05, 4.69) is 0 Å². The van der Waals surface area contributed by atoms with Crippen molar-refractivity contribution in [2.24, 2.45) is 0 Å². The molecule has 1 aliphatic rings. The molecule has 0 aliphatic carbocycles. The lowest BCUT2D eigenvalue weighted by atomic mass is 10.1. The van der Waals surface area contributed by atoms with E-state index >= 15 is 0 Å². The van der Waals surface area contributed by atoms with Gasteiger partial charge in [0.15, 0.2) is 6.23 Å². The summed E-state index contributed by atoms with van der Waals surface area (Å²) in [6, 6.07) is 1.12. The molecule has 0 aromatic carbocycles. The Morgan fingerprint density at radius 2 is 2.39 bits per heavy atom. The van der Waals surface area contributed by atoms with Crippen LogP contribution in [0.25, 0.3) is 0 Å². The SMILES string of the molecule is [2H]C(O)[C@H]1O[C@@H](n2ccc(=O)[nH]c2=O)[C@H](OC)[C@@H]1O. The van der Waals surface area contributed by atoms with Gasteiger partial charge in [0.1, 0.15) is 18.3 Å². The molecule has 0 bridgehead atoms. The molecule has 0 radical (unpaired) electrons. The van der Waals surface area contributed by atoms with Gasteiger partial charge in [-0.3, -0.25) is 14.3 Å². The summed E-state index contributed by atoms with van der Waals surface area (Å²) in [5, 5.41) is 19.1. The third-order valence-electron chi connectivity index (χ3n) is 2.80. The van der Waals surface area contributed by atoms with Crippen molar-refractivity contribution in [3.63, 3.8) is 0 Å². The van der Waals surface area contributed by atoms with E-state index in [4.69, 9.17) is 10.8 Å². The smallest absolute Gasteiger partial charge is 0.330 e. The topological polar surface area (TPSA) is 114 Å². The summed E-state index contributed by atoms with van der Waals surface area (Å²) >= 11 is 0. The minimum atomic E-state index is -1.67. The Balaban J connectivity index is 2.38. The molecule has 18 heavy (non-hydrogen) atoms. The molecule has 0 spiro atoms. The van der Waals surface area contributed by atoms with Crippen LogP contribution in [0.15, 0.2) is 21.9 Å². The van der Waals surface area contributed by atoms with Crippen LogP contribution >= 0.6 is 0 Å². The summed E-state index contributed by atoms with van der Waals surface area (Å²) in [7, 11) is 1.31. The summed E-state index contributed by atoms with van der Waals surface area (Å²) in [6.45, 7) is -1.67. The van der Waals surface area contributed by atoms with Crippen LogP contribution in [0.3, 0.4) is 0 Å². The summed E-state index contributed by atoms with van der Waals surface area (Å²) in [5.74, 6) is 0. The van der Waals surface area contributed by atoms with Crippen molar-refractivity contribution in [3.05, 3.63) is 33.1 Å². The Morgan fingerprint density at radius 3 is 2.94 bits per heavy atom. The Hall–Kier alpha value is -1.48. The average Bonchev–Trinajstić information content (AvgIpc) is 2.66. The van der Waals surface area contributed by atoms with Crippen molar-refractivity contribution >= 4 is 0 Å². The Kier molecular flexibility index (Phi) is 3.24. The summed E-state index contributed by atoms with van der Waals surface area (Å²) in [4.78, 5) is 24.7. The number of hydrogen-bond acceptors (Lipinski definition) is 6. The van der Waals surface area contributed by atoms with Crippen LogP contribution < -0.4 is 11.2 Å². The van der Waals surface area contributed by atoms with Gasteiger partial charge in [0.2, 0.25) is 0 Å². The van der Waals surface area contributed by atoms with E-state index in [9.17, 15) is 19.8 Å². The number of methoxy groups -OCH3 is 1. The summed E-state index contributed by atoms with van der Waals surface area (Å²) in [5.41, 5.74) is -1.29. The molecule has 100 valence electrons. The summed E-state index contributed by atoms with van der Waals surface area (Å²) in [6.07, 6.45) is -3.23. The highest BCUT2D eigenvalue weighted by Crippen LogP contribution is 2.29. The number of aromatic amines is 1. The zero-order valence-corrected chi connectivity index (χ0v) is 9.52. The van der Waals surface area contributed by atoms with Crippen LogP contribution in [0.4, 0.5) is 0 Å². The molecule has 1 saturated heterocycles. The fourth-order valence-corrected chi connectivity index (χ4v) is 1.91. The van der Waals surface area contributed by atoms with Crippen LogP contribution in [-0.2, 0) is 9.47 Å². The summed E-state index contributed by atoms with van der Waals surface area (Å²) < 4.78 is 18.5. The van der Waals surface area contributed by atoms with Gasteiger partial charge in [-0.15, -0.1) is 0 Å². The van der Waals surface area contributed by atoms with E-state index in [0.717, 1.165) is 10.6 Å². The molecule has 5 atom stereocenters. The van der Waals surface area contributed by atoms with E-state index in [1.54, 1.807) is 0 Å². The van der Waals surface area contributed by atoms with Gasteiger partial charge in [-0.25, -0.2) is 4.79 Å². The maximum Gasteiger partial charge on any atom is 0.330 e. The number of aliphatic hydroxyl groups excluding tert-OH is 2. The van der Waals surface area contributed by atoms with Crippen LogP contribution in [-0.4, -0.2) is 51.8 Å². The second-order valence-electron chi connectivity index (χ2n) is 3.85. The van der Waals surface area contributed by atoms with E-state index in [-0.39, 0.29) is 0 Å². The molecule has 0 amide bonds. The van der Waals surface area contributed by atoms with Crippen molar-refractivity contribution in [1.29, 1.82) is 0 Å². The fraction of sp³-hybridized carbons (Fsp3) is 0.600. The fourth-order valence-electron chi connectivity index (χ4n) is 1.91. The highest BCUT2D eigenvalue weighted by atomic mass is 16.6. The molecule has 1 aliphatic heterocycles. The minimum absolute atomic E-state index is 0.564. The van der Waals surface area contributed by atoms with Gasteiger partial charge in [-0.2, -0.15) is 0 Å². The molecule has 2 rings (SSSR count). The van der Waals surface area contributed by atoms with Crippen molar-refractivity contribution in [2.45, 2.75) is 24.5 Å². The van der Waals surface area contributed by atoms with Gasteiger partial charge in [0.05, 0.1) is 7.95 Å². The van der Waals surface area contributed by atoms with Crippen LogP contribution in [0.5, 0.6) is 0 Å². The predicted molar refractivity (Wildman–Crippen MR) is 59.1 cm³/mol. The molecule has 1 aromatic rings. The lowest BCUT2D eigenvalue weighted by Gasteiger charge is -2.19. The third-order valence-corrected chi connectivity index (χ3v) is 2.80. The molecule has 8 nitrogen and oxygen atoms in total. The minimum Gasteiger partial charge on any atom is -0.394 e. The lowest BCUT2D eigenvalue weighted by molar-refractivity contribution is -0.0625. The van der Waals surface area contributed by atoms with E-state index < -0.39 is 42.4 Å². The van der Waals surface area contributed by atoms with Crippen LogP contribution in [0, 0.1) is 0 Å². The zero-order chi connectivity index (χ0) is 14.2. The van der Waals surface area contributed by atoms with E-state index in [0.29, 0.717) is 0 Å². The number of aromatic nitrogens is 2. The van der Waals surface area contributed by atoms with Crippen molar-refractivity contribution in [3.8, 4) is 0 Å². The number of ether oxygens (including phenoxy) is 2. The largest absolute Gasteiger partial charge is 0.394 e. The molecule has 3 N–H and O–H groups in total.